The number of anilines is 1. The van der Waals surface area contributed by atoms with Crippen LogP contribution < -0.4 is 14.8 Å². The highest BCUT2D eigenvalue weighted by atomic mass is 127. The molecule has 0 saturated carbocycles. The number of rotatable bonds is 8. The van der Waals surface area contributed by atoms with Gasteiger partial charge in [-0.15, -0.1) is 0 Å². The molecule has 1 N–H and O–H groups in total. The van der Waals surface area contributed by atoms with Gasteiger partial charge < -0.3 is 14.8 Å². The molecule has 0 spiro atoms. The Morgan fingerprint density at radius 1 is 1.18 bits per heavy atom. The molecule has 3 aromatic rings. The van der Waals surface area contributed by atoms with Gasteiger partial charge in [0.1, 0.15) is 24.1 Å². The van der Waals surface area contributed by atoms with Gasteiger partial charge in [0.05, 0.1) is 10.2 Å². The molecule has 3 aromatic carbocycles. The van der Waals surface area contributed by atoms with Crippen molar-refractivity contribution in [2.75, 3.05) is 11.9 Å². The van der Waals surface area contributed by atoms with Crippen molar-refractivity contribution in [3.8, 4) is 17.6 Å². The van der Waals surface area contributed by atoms with E-state index in [-0.39, 0.29) is 18.0 Å². The van der Waals surface area contributed by atoms with E-state index in [0.717, 1.165) is 9.13 Å². The molecular formula is C25H19ClFIN2O3. The van der Waals surface area contributed by atoms with Crippen LogP contribution in [0.15, 0.2) is 66.2 Å². The van der Waals surface area contributed by atoms with Gasteiger partial charge in [-0.1, -0.05) is 29.8 Å². The minimum atomic E-state index is -0.552. The molecular weight excluding hydrogens is 558 g/mol. The fourth-order valence-corrected chi connectivity index (χ4v) is 3.86. The first kappa shape index (κ1) is 24.6. The van der Waals surface area contributed by atoms with E-state index in [4.69, 9.17) is 21.1 Å². The third kappa shape index (κ3) is 6.94. The van der Waals surface area contributed by atoms with Crippen molar-refractivity contribution < 1.29 is 18.7 Å². The molecule has 0 atom stereocenters. The molecule has 0 aliphatic heterocycles. The zero-order valence-electron chi connectivity index (χ0n) is 17.6. The normalized spacial score (nSPS) is 10.9. The van der Waals surface area contributed by atoms with E-state index in [0.29, 0.717) is 34.4 Å². The first-order valence-electron chi connectivity index (χ1n) is 9.92. The van der Waals surface area contributed by atoms with Gasteiger partial charge in [0.15, 0.2) is 11.5 Å². The van der Waals surface area contributed by atoms with Crippen molar-refractivity contribution in [1.29, 1.82) is 5.26 Å². The third-order valence-electron chi connectivity index (χ3n) is 4.39. The molecule has 168 valence electrons. The van der Waals surface area contributed by atoms with Gasteiger partial charge in [-0.25, -0.2) is 4.39 Å². The second-order valence-electron chi connectivity index (χ2n) is 6.81. The number of benzene rings is 3. The number of hydrogen-bond acceptors (Lipinski definition) is 4. The summed E-state index contributed by atoms with van der Waals surface area (Å²) in [5.74, 6) is 0.141. The number of amides is 1. The number of nitrogens with zero attached hydrogens (tertiary/aromatic N) is 1. The molecule has 0 radical (unpaired) electrons. The van der Waals surface area contributed by atoms with E-state index < -0.39 is 5.91 Å². The fraction of sp³-hybridized carbons (Fsp3) is 0.120. The smallest absolute Gasteiger partial charge is 0.266 e. The first-order valence-corrected chi connectivity index (χ1v) is 11.4. The summed E-state index contributed by atoms with van der Waals surface area (Å²) in [5, 5.41) is 12.7. The summed E-state index contributed by atoms with van der Waals surface area (Å²) in [6.45, 7) is 2.48. The molecule has 0 bridgehead atoms. The Morgan fingerprint density at radius 2 is 1.94 bits per heavy atom. The lowest BCUT2D eigenvalue weighted by molar-refractivity contribution is -0.112. The topological polar surface area (TPSA) is 71.3 Å². The zero-order valence-corrected chi connectivity index (χ0v) is 20.5. The lowest BCUT2D eigenvalue weighted by atomic mass is 10.1. The molecule has 0 unspecified atom stereocenters. The Morgan fingerprint density at radius 3 is 2.61 bits per heavy atom. The second kappa shape index (κ2) is 11.7. The van der Waals surface area contributed by atoms with Crippen LogP contribution in [0.4, 0.5) is 10.1 Å². The minimum absolute atomic E-state index is 0.0757. The summed E-state index contributed by atoms with van der Waals surface area (Å²) in [5.41, 5.74) is 1.83. The molecule has 0 fully saturated rings. The zero-order chi connectivity index (χ0) is 23.8. The summed E-state index contributed by atoms with van der Waals surface area (Å²) in [7, 11) is 0. The largest absolute Gasteiger partial charge is 0.490 e. The lowest BCUT2D eigenvalue weighted by Crippen LogP contribution is -2.13. The van der Waals surface area contributed by atoms with Crippen LogP contribution in [0.1, 0.15) is 18.1 Å². The Labute approximate surface area is 209 Å². The predicted octanol–water partition coefficient (Wildman–Crippen LogP) is 6.61. The van der Waals surface area contributed by atoms with E-state index in [9.17, 15) is 14.4 Å². The van der Waals surface area contributed by atoms with Crippen LogP contribution in [-0.2, 0) is 11.4 Å². The van der Waals surface area contributed by atoms with E-state index in [1.165, 1.54) is 18.2 Å². The summed E-state index contributed by atoms with van der Waals surface area (Å²) in [6, 6.07) is 18.1. The van der Waals surface area contributed by atoms with Crippen LogP contribution in [0.2, 0.25) is 5.02 Å². The standard InChI is InChI=1S/C25H19ClFIN2O3/c1-2-32-23-12-17(10-18(14-29)25(31)30-21-5-3-4-19(26)13-21)11-22(28)24(23)33-15-16-6-8-20(27)9-7-16/h3-13H,2,15H2,1H3,(H,30,31)/b18-10+. The van der Waals surface area contributed by atoms with Crippen LogP contribution in [0.3, 0.4) is 0 Å². The highest BCUT2D eigenvalue weighted by Gasteiger charge is 2.15. The quantitative estimate of drug-likeness (QED) is 0.186. The van der Waals surface area contributed by atoms with Crippen LogP contribution in [0.5, 0.6) is 11.5 Å². The monoisotopic (exact) mass is 576 g/mol. The number of nitrogens with one attached hydrogen (secondary N) is 1. The number of nitriles is 1. The highest BCUT2D eigenvalue weighted by molar-refractivity contribution is 14.1. The maximum atomic E-state index is 13.1. The van der Waals surface area contributed by atoms with Gasteiger partial charge >= 0.3 is 0 Å². The number of carbonyl (C=O) groups is 1. The van der Waals surface area contributed by atoms with Crippen LogP contribution in [0.25, 0.3) is 6.08 Å². The third-order valence-corrected chi connectivity index (χ3v) is 5.42. The van der Waals surface area contributed by atoms with Crippen molar-refractivity contribution in [2.45, 2.75) is 13.5 Å². The van der Waals surface area contributed by atoms with Gasteiger partial charge in [0.25, 0.3) is 5.91 Å². The Bertz CT molecular complexity index is 1220. The highest BCUT2D eigenvalue weighted by Crippen LogP contribution is 2.35. The molecule has 0 aliphatic carbocycles. The Hall–Kier alpha value is -3.09. The van der Waals surface area contributed by atoms with Gasteiger partial charge in [-0.05, 0) is 89.2 Å². The number of halogens is 3. The second-order valence-corrected chi connectivity index (χ2v) is 8.41. The minimum Gasteiger partial charge on any atom is -0.490 e. The van der Waals surface area contributed by atoms with E-state index in [1.807, 2.05) is 13.0 Å². The van der Waals surface area contributed by atoms with Crippen molar-refractivity contribution in [2.24, 2.45) is 0 Å². The van der Waals surface area contributed by atoms with Crippen LogP contribution in [0, 0.1) is 20.7 Å². The first-order chi connectivity index (χ1) is 15.9. The Kier molecular flexibility index (Phi) is 8.69. The fourth-order valence-electron chi connectivity index (χ4n) is 2.89. The predicted molar refractivity (Wildman–Crippen MR) is 135 cm³/mol. The van der Waals surface area contributed by atoms with Crippen molar-refractivity contribution in [3.05, 3.63) is 91.8 Å². The van der Waals surface area contributed by atoms with Crippen molar-refractivity contribution >= 4 is 51.9 Å². The van der Waals surface area contributed by atoms with E-state index in [2.05, 4.69) is 27.9 Å². The summed E-state index contributed by atoms with van der Waals surface area (Å²) in [4.78, 5) is 12.6. The summed E-state index contributed by atoms with van der Waals surface area (Å²) < 4.78 is 25.5. The van der Waals surface area contributed by atoms with Crippen LogP contribution >= 0.6 is 34.2 Å². The lowest BCUT2D eigenvalue weighted by Gasteiger charge is -2.15. The van der Waals surface area contributed by atoms with Gasteiger partial charge in [0.2, 0.25) is 0 Å². The van der Waals surface area contributed by atoms with Crippen LogP contribution in [-0.4, -0.2) is 12.5 Å². The summed E-state index contributed by atoms with van der Waals surface area (Å²) in [6.07, 6.45) is 1.48. The van der Waals surface area contributed by atoms with Crippen molar-refractivity contribution in [3.63, 3.8) is 0 Å². The molecule has 0 aliphatic rings. The van der Waals surface area contributed by atoms with Gasteiger partial charge in [-0.2, -0.15) is 5.26 Å². The SMILES string of the molecule is CCOc1cc(/C=C(\C#N)C(=O)Nc2cccc(Cl)c2)cc(I)c1OCc1ccc(F)cc1. The maximum absolute atomic E-state index is 13.1. The maximum Gasteiger partial charge on any atom is 0.266 e. The number of carbonyl (C=O) groups excluding carboxylic acids is 1. The molecule has 1 amide bonds. The molecule has 5 nitrogen and oxygen atoms in total. The van der Waals surface area contributed by atoms with Crippen molar-refractivity contribution in [1.82, 2.24) is 0 Å². The summed E-state index contributed by atoms with van der Waals surface area (Å²) >= 11 is 8.05. The average molecular weight is 577 g/mol. The molecule has 3 rings (SSSR count). The Balaban J connectivity index is 1.84. The molecule has 33 heavy (non-hydrogen) atoms. The van der Waals surface area contributed by atoms with E-state index in [1.54, 1.807) is 48.5 Å². The molecule has 8 heteroatoms. The molecule has 0 saturated heterocycles. The van der Waals surface area contributed by atoms with Gasteiger partial charge in [-0.3, -0.25) is 4.79 Å². The molecule has 0 heterocycles. The van der Waals surface area contributed by atoms with E-state index >= 15 is 0 Å². The number of hydrogen-bond donors (Lipinski definition) is 1. The average Bonchev–Trinajstić information content (AvgIpc) is 2.78. The van der Waals surface area contributed by atoms with Gasteiger partial charge in [0, 0.05) is 10.7 Å². The molecule has 0 aromatic heterocycles. The number of ether oxygens (including phenoxy) is 2.